The monoisotopic (exact) mass is 331 g/mol. The molecule has 118 valence electrons. The second kappa shape index (κ2) is 7.98. The van der Waals surface area contributed by atoms with Gasteiger partial charge in [-0.05, 0) is 17.4 Å². The molecule has 0 saturated carbocycles. The molecule has 1 aliphatic rings. The van der Waals surface area contributed by atoms with Crippen LogP contribution in [-0.4, -0.2) is 49.8 Å². The Morgan fingerprint density at radius 1 is 1.62 bits per heavy atom. The molecule has 1 aromatic rings. The fourth-order valence-electron chi connectivity index (χ4n) is 2.34. The maximum Gasteiger partial charge on any atom is 0.319 e. The van der Waals surface area contributed by atoms with Gasteiger partial charge in [-0.15, -0.1) is 11.3 Å². The first-order valence-corrected chi connectivity index (χ1v) is 8.42. The summed E-state index contributed by atoms with van der Waals surface area (Å²) in [5.74, 6) is 0.640. The summed E-state index contributed by atoms with van der Waals surface area (Å²) in [7, 11) is 0. The molecule has 2 N–H and O–H groups in total. The third-order valence-corrected chi connectivity index (χ3v) is 4.37. The van der Waals surface area contributed by atoms with Gasteiger partial charge in [0, 0.05) is 26.2 Å². The lowest BCUT2D eigenvalue weighted by atomic mass is 10.2. The number of hydrogen-bond donors (Lipinski definition) is 2. The van der Waals surface area contributed by atoms with Crippen molar-refractivity contribution in [2.45, 2.75) is 20.0 Å². The number of amides is 2. The lowest BCUT2D eigenvalue weighted by Gasteiger charge is -2.33. The van der Waals surface area contributed by atoms with E-state index in [4.69, 9.17) is 16.3 Å². The molecule has 2 rings (SSSR count). The minimum atomic E-state index is -0.250. The number of rotatable bonds is 5. The summed E-state index contributed by atoms with van der Waals surface area (Å²) in [4.78, 5) is 14.2. The number of thiophene rings is 1. The van der Waals surface area contributed by atoms with Crippen molar-refractivity contribution in [3.63, 3.8) is 0 Å². The summed E-state index contributed by atoms with van der Waals surface area (Å²) < 4.78 is 6.28. The Kier molecular flexibility index (Phi) is 6.29. The summed E-state index contributed by atoms with van der Waals surface area (Å²) >= 11 is 7.33. The lowest BCUT2D eigenvalue weighted by Crippen LogP contribution is -2.48. The Labute approximate surface area is 134 Å². The zero-order valence-electron chi connectivity index (χ0n) is 12.4. The normalized spacial score (nSPS) is 19.7. The Morgan fingerprint density at radius 2 is 2.43 bits per heavy atom. The molecule has 5 nitrogen and oxygen atoms in total. The Morgan fingerprint density at radius 3 is 3.10 bits per heavy atom. The number of carbonyl (C=O) groups excluding carboxylic acids is 1. The van der Waals surface area contributed by atoms with Crippen LogP contribution in [0.4, 0.5) is 10.5 Å². The third-order valence-electron chi connectivity index (χ3n) is 3.20. The van der Waals surface area contributed by atoms with Crippen molar-refractivity contribution in [3.8, 4) is 0 Å². The highest BCUT2D eigenvalue weighted by atomic mass is 35.5. The number of carbonyl (C=O) groups is 1. The largest absolute Gasteiger partial charge is 0.374 e. The van der Waals surface area contributed by atoms with Gasteiger partial charge in [0.25, 0.3) is 0 Å². The first kappa shape index (κ1) is 16.5. The van der Waals surface area contributed by atoms with Gasteiger partial charge in [0.05, 0.1) is 18.4 Å². The first-order valence-electron chi connectivity index (χ1n) is 7.16. The molecule has 2 amide bonds. The van der Waals surface area contributed by atoms with Crippen LogP contribution in [-0.2, 0) is 4.74 Å². The average molecular weight is 332 g/mol. The van der Waals surface area contributed by atoms with Crippen LogP contribution in [0.15, 0.2) is 11.4 Å². The van der Waals surface area contributed by atoms with Gasteiger partial charge in [-0.3, -0.25) is 4.90 Å². The fraction of sp³-hybridized carbons (Fsp3) is 0.643. The molecule has 0 aromatic carbocycles. The van der Waals surface area contributed by atoms with Crippen LogP contribution in [0.25, 0.3) is 0 Å². The van der Waals surface area contributed by atoms with Gasteiger partial charge < -0.3 is 15.4 Å². The summed E-state index contributed by atoms with van der Waals surface area (Å²) in [6.07, 6.45) is 0.0428. The Bertz CT molecular complexity index is 467. The summed E-state index contributed by atoms with van der Waals surface area (Å²) in [5.41, 5.74) is 0.644. The summed E-state index contributed by atoms with van der Waals surface area (Å²) in [6, 6.07) is 1.54. The molecule has 1 saturated heterocycles. The van der Waals surface area contributed by atoms with Crippen molar-refractivity contribution in [1.29, 1.82) is 0 Å². The smallest absolute Gasteiger partial charge is 0.319 e. The number of halogens is 1. The number of ether oxygens (including phenoxy) is 1. The van der Waals surface area contributed by atoms with Gasteiger partial charge in [-0.25, -0.2) is 4.79 Å². The van der Waals surface area contributed by atoms with E-state index in [0.717, 1.165) is 26.2 Å². The Hall–Kier alpha value is -0.820. The number of hydrogen-bond acceptors (Lipinski definition) is 4. The van der Waals surface area contributed by atoms with Crippen molar-refractivity contribution in [3.05, 3.63) is 15.8 Å². The average Bonchev–Trinajstić information content (AvgIpc) is 2.82. The molecular formula is C14H22ClN3O2S. The van der Waals surface area contributed by atoms with Crippen LogP contribution in [0.1, 0.15) is 13.8 Å². The van der Waals surface area contributed by atoms with E-state index in [0.29, 0.717) is 22.5 Å². The van der Waals surface area contributed by atoms with Crippen molar-refractivity contribution in [1.82, 2.24) is 10.2 Å². The molecule has 0 spiro atoms. The first-order chi connectivity index (χ1) is 10.0. The zero-order chi connectivity index (χ0) is 15.2. The van der Waals surface area contributed by atoms with E-state index in [1.165, 1.54) is 11.3 Å². The fourth-order valence-corrected chi connectivity index (χ4v) is 3.17. The highest BCUT2D eigenvalue weighted by molar-refractivity contribution is 7.15. The van der Waals surface area contributed by atoms with Crippen LogP contribution >= 0.6 is 22.9 Å². The number of nitrogens with one attached hydrogen (secondary N) is 2. The van der Waals surface area contributed by atoms with E-state index in [-0.39, 0.29) is 12.1 Å². The molecular weight excluding hydrogens is 310 g/mol. The number of urea groups is 1. The van der Waals surface area contributed by atoms with Crippen LogP contribution in [0.5, 0.6) is 0 Å². The van der Waals surface area contributed by atoms with Gasteiger partial charge in [-0.1, -0.05) is 25.4 Å². The SMILES string of the molecule is CC(C)CN1CCOC(CNC(=O)Nc2ccsc2Cl)C1. The molecule has 1 unspecified atom stereocenters. The van der Waals surface area contributed by atoms with E-state index < -0.39 is 0 Å². The Balaban J connectivity index is 1.72. The van der Waals surface area contributed by atoms with Gasteiger partial charge in [-0.2, -0.15) is 0 Å². The van der Waals surface area contributed by atoms with Gasteiger partial charge in [0.2, 0.25) is 0 Å². The van der Waals surface area contributed by atoms with E-state index in [9.17, 15) is 4.79 Å². The predicted molar refractivity (Wildman–Crippen MR) is 87.4 cm³/mol. The van der Waals surface area contributed by atoms with Crippen LogP contribution in [0.2, 0.25) is 4.34 Å². The summed E-state index contributed by atoms with van der Waals surface area (Å²) in [6.45, 7) is 8.53. The minimum absolute atomic E-state index is 0.0428. The third kappa shape index (κ3) is 5.47. The molecule has 21 heavy (non-hydrogen) atoms. The van der Waals surface area contributed by atoms with E-state index in [2.05, 4.69) is 29.4 Å². The second-order valence-corrected chi connectivity index (χ2v) is 7.11. The van der Waals surface area contributed by atoms with Crippen molar-refractivity contribution in [2.24, 2.45) is 5.92 Å². The van der Waals surface area contributed by atoms with Crippen LogP contribution in [0, 0.1) is 5.92 Å². The van der Waals surface area contributed by atoms with E-state index >= 15 is 0 Å². The number of nitrogens with zero attached hydrogens (tertiary/aromatic N) is 1. The molecule has 0 bridgehead atoms. The second-order valence-electron chi connectivity index (χ2n) is 5.59. The van der Waals surface area contributed by atoms with Crippen LogP contribution in [0.3, 0.4) is 0 Å². The quantitative estimate of drug-likeness (QED) is 0.872. The van der Waals surface area contributed by atoms with E-state index in [1.807, 2.05) is 5.38 Å². The lowest BCUT2D eigenvalue weighted by molar-refractivity contribution is -0.0288. The highest BCUT2D eigenvalue weighted by Crippen LogP contribution is 2.27. The molecule has 1 aliphatic heterocycles. The topological polar surface area (TPSA) is 53.6 Å². The summed E-state index contributed by atoms with van der Waals surface area (Å²) in [5, 5.41) is 7.41. The standard InChI is InChI=1S/C14H22ClN3O2S/c1-10(2)8-18-4-5-20-11(9-18)7-16-14(19)17-12-3-6-21-13(12)15/h3,6,10-11H,4-5,7-9H2,1-2H3,(H2,16,17,19). The molecule has 7 heteroatoms. The van der Waals surface area contributed by atoms with Gasteiger partial charge in [0.15, 0.2) is 0 Å². The predicted octanol–water partition coefficient (Wildman–Crippen LogP) is 2.88. The highest BCUT2D eigenvalue weighted by Gasteiger charge is 2.21. The molecule has 2 heterocycles. The van der Waals surface area contributed by atoms with Crippen molar-refractivity contribution >= 4 is 34.7 Å². The molecule has 0 aliphatic carbocycles. The molecule has 0 radical (unpaired) electrons. The number of anilines is 1. The van der Waals surface area contributed by atoms with Crippen molar-refractivity contribution in [2.75, 3.05) is 38.1 Å². The molecule has 1 atom stereocenters. The van der Waals surface area contributed by atoms with E-state index in [1.54, 1.807) is 6.07 Å². The van der Waals surface area contributed by atoms with Crippen LogP contribution < -0.4 is 10.6 Å². The van der Waals surface area contributed by atoms with Gasteiger partial charge >= 0.3 is 6.03 Å². The molecule has 1 aromatic heterocycles. The maximum atomic E-state index is 11.8. The maximum absolute atomic E-state index is 11.8. The van der Waals surface area contributed by atoms with Crippen molar-refractivity contribution < 1.29 is 9.53 Å². The van der Waals surface area contributed by atoms with Gasteiger partial charge in [0.1, 0.15) is 4.34 Å². The zero-order valence-corrected chi connectivity index (χ0v) is 14.0. The minimum Gasteiger partial charge on any atom is -0.374 e. The number of morpholine rings is 1. The molecule has 1 fully saturated rings.